The van der Waals surface area contributed by atoms with Crippen LogP contribution in [0.2, 0.25) is 0 Å². The van der Waals surface area contributed by atoms with Gasteiger partial charge in [-0.15, -0.1) is 11.3 Å². The number of pyridine rings is 1. The summed E-state index contributed by atoms with van der Waals surface area (Å²) in [6.45, 7) is 2.35. The highest BCUT2D eigenvalue weighted by Crippen LogP contribution is 2.41. The van der Waals surface area contributed by atoms with Gasteiger partial charge < -0.3 is 15.1 Å². The number of amides is 1. The summed E-state index contributed by atoms with van der Waals surface area (Å²) in [4.78, 5) is 37.4. The highest BCUT2D eigenvalue weighted by molar-refractivity contribution is 7.19. The van der Waals surface area contributed by atoms with E-state index in [2.05, 4.69) is 50.3 Å². The third kappa shape index (κ3) is 3.27. The lowest BCUT2D eigenvalue weighted by Gasteiger charge is -2.44. The fourth-order valence-corrected chi connectivity index (χ4v) is 6.09. The van der Waals surface area contributed by atoms with Crippen molar-refractivity contribution in [3.8, 4) is 0 Å². The molecule has 0 spiro atoms. The molecule has 2 aliphatic heterocycles. The molecule has 1 aliphatic carbocycles. The van der Waals surface area contributed by atoms with E-state index >= 15 is 0 Å². The van der Waals surface area contributed by atoms with Crippen LogP contribution in [0, 0.1) is 5.92 Å². The summed E-state index contributed by atoms with van der Waals surface area (Å²) in [6, 6.07) is 2.56. The van der Waals surface area contributed by atoms with Gasteiger partial charge in [-0.2, -0.15) is 0 Å². The second-order valence-electron chi connectivity index (χ2n) is 9.06. The number of carbonyl (C=O) groups is 1. The van der Waals surface area contributed by atoms with Gasteiger partial charge in [0.1, 0.15) is 17.0 Å². The minimum absolute atomic E-state index is 0.0724. The van der Waals surface area contributed by atoms with Gasteiger partial charge in [0.2, 0.25) is 5.91 Å². The molecule has 1 amide bonds. The van der Waals surface area contributed by atoms with Crippen LogP contribution in [0.15, 0.2) is 23.6 Å². The number of likely N-dealkylation sites (tertiary alicyclic amines) is 1. The summed E-state index contributed by atoms with van der Waals surface area (Å²) in [5, 5.41) is 4.54. The molecule has 9 heteroatoms. The number of hydrogen-bond acceptors (Lipinski definition) is 8. The Morgan fingerprint density at radius 2 is 2.12 bits per heavy atom. The van der Waals surface area contributed by atoms with Crippen molar-refractivity contribution < 1.29 is 4.79 Å². The number of aliphatic imine (C=N–C) groups is 1. The molecule has 5 heterocycles. The van der Waals surface area contributed by atoms with E-state index in [0.29, 0.717) is 18.5 Å². The number of aromatic nitrogens is 3. The summed E-state index contributed by atoms with van der Waals surface area (Å²) in [6.07, 6.45) is 7.88. The van der Waals surface area contributed by atoms with Crippen LogP contribution in [0.1, 0.15) is 28.1 Å². The van der Waals surface area contributed by atoms with Crippen molar-refractivity contribution in [1.29, 1.82) is 0 Å². The standard InChI is InChI=1S/C23H25N7OS/c1-29(2)16-10-30(11-16)23(31)13-3-4-17-19(6-13)32-22-20(17)21(26-12-27-22)28-15-5-14-7-24-9-18(14)25-8-15/h5,7-8,12-13,16H,3-4,6,9-11H2,1-2H3,(H,26,27,28)/t13-/m0/s1. The van der Waals surface area contributed by atoms with Crippen LogP contribution in [0.5, 0.6) is 0 Å². The second-order valence-corrected chi connectivity index (χ2v) is 10.1. The van der Waals surface area contributed by atoms with Crippen molar-refractivity contribution in [2.45, 2.75) is 31.8 Å². The van der Waals surface area contributed by atoms with Crippen LogP contribution in [0.3, 0.4) is 0 Å². The first kappa shape index (κ1) is 19.8. The molecule has 6 rings (SSSR count). The zero-order valence-corrected chi connectivity index (χ0v) is 19.0. The molecule has 1 atom stereocenters. The maximum absolute atomic E-state index is 13.0. The van der Waals surface area contributed by atoms with Crippen LogP contribution in [0.25, 0.3) is 10.2 Å². The first-order chi connectivity index (χ1) is 15.6. The molecule has 1 fully saturated rings. The third-order valence-electron chi connectivity index (χ3n) is 6.84. The Hall–Kier alpha value is -2.91. The summed E-state index contributed by atoms with van der Waals surface area (Å²) in [7, 11) is 4.16. The van der Waals surface area contributed by atoms with Crippen LogP contribution >= 0.6 is 11.3 Å². The molecule has 32 heavy (non-hydrogen) atoms. The number of aryl methyl sites for hydroxylation is 1. The monoisotopic (exact) mass is 447 g/mol. The van der Waals surface area contributed by atoms with Gasteiger partial charge >= 0.3 is 0 Å². The molecular formula is C23H25N7OS. The fourth-order valence-electron chi connectivity index (χ4n) is 4.83. The van der Waals surface area contributed by atoms with Gasteiger partial charge in [-0.3, -0.25) is 14.8 Å². The number of thiophene rings is 1. The van der Waals surface area contributed by atoms with Gasteiger partial charge in [-0.05, 0) is 45.0 Å². The van der Waals surface area contributed by atoms with E-state index in [9.17, 15) is 4.79 Å². The molecule has 0 radical (unpaired) electrons. The van der Waals surface area contributed by atoms with Crippen molar-refractivity contribution >= 4 is 45.2 Å². The molecule has 0 unspecified atom stereocenters. The van der Waals surface area contributed by atoms with Crippen LogP contribution in [-0.2, 0) is 24.2 Å². The van der Waals surface area contributed by atoms with E-state index in [1.54, 1.807) is 17.7 Å². The molecule has 0 saturated carbocycles. The average molecular weight is 448 g/mol. The Balaban J connectivity index is 1.24. The maximum atomic E-state index is 13.0. The molecular weight excluding hydrogens is 422 g/mol. The smallest absolute Gasteiger partial charge is 0.226 e. The minimum Gasteiger partial charge on any atom is -0.339 e. The van der Waals surface area contributed by atoms with E-state index in [0.717, 1.165) is 65.3 Å². The predicted molar refractivity (Wildman–Crippen MR) is 126 cm³/mol. The Bertz CT molecular complexity index is 1240. The highest BCUT2D eigenvalue weighted by Gasteiger charge is 2.37. The van der Waals surface area contributed by atoms with Crippen LogP contribution in [-0.4, -0.2) is 70.1 Å². The molecule has 3 aliphatic rings. The molecule has 3 aromatic rings. The number of nitrogens with zero attached hydrogens (tertiary/aromatic N) is 6. The number of rotatable bonds is 4. The van der Waals surface area contributed by atoms with E-state index < -0.39 is 0 Å². The SMILES string of the molecule is CN(C)C1CN(C(=O)[C@H]2CCc3c(sc4ncnc(Nc5cnc6c(c5)C=NC6)c34)C2)C1. The lowest BCUT2D eigenvalue weighted by molar-refractivity contribution is -0.142. The molecule has 1 N–H and O–H groups in total. The normalized spacial score (nSPS) is 19.8. The van der Waals surface area contributed by atoms with Crippen molar-refractivity contribution in [2.75, 3.05) is 32.5 Å². The van der Waals surface area contributed by atoms with Gasteiger partial charge in [0.05, 0.1) is 29.5 Å². The molecule has 0 aromatic carbocycles. The van der Waals surface area contributed by atoms with E-state index in [4.69, 9.17) is 0 Å². The second kappa shape index (κ2) is 7.60. The third-order valence-corrected chi connectivity index (χ3v) is 8.00. The van der Waals surface area contributed by atoms with Gasteiger partial charge in [0.15, 0.2) is 0 Å². The van der Waals surface area contributed by atoms with Crippen molar-refractivity contribution in [2.24, 2.45) is 10.9 Å². The van der Waals surface area contributed by atoms with Crippen molar-refractivity contribution in [1.82, 2.24) is 24.8 Å². The molecule has 164 valence electrons. The lowest BCUT2D eigenvalue weighted by atomic mass is 9.86. The van der Waals surface area contributed by atoms with E-state index in [1.165, 1.54) is 10.4 Å². The first-order valence-electron chi connectivity index (χ1n) is 11.0. The number of anilines is 2. The Labute approximate surface area is 190 Å². The van der Waals surface area contributed by atoms with Crippen molar-refractivity contribution in [3.05, 3.63) is 40.3 Å². The minimum atomic E-state index is 0.0724. The van der Waals surface area contributed by atoms with Crippen LogP contribution < -0.4 is 5.32 Å². The molecule has 3 aromatic heterocycles. The first-order valence-corrected chi connectivity index (χ1v) is 11.8. The average Bonchev–Trinajstić information content (AvgIpc) is 3.36. The van der Waals surface area contributed by atoms with Gasteiger partial charge in [-0.1, -0.05) is 0 Å². The van der Waals surface area contributed by atoms with Gasteiger partial charge in [0, 0.05) is 41.7 Å². The van der Waals surface area contributed by atoms with E-state index in [-0.39, 0.29) is 5.92 Å². The number of hydrogen-bond donors (Lipinski definition) is 1. The molecule has 0 bridgehead atoms. The Morgan fingerprint density at radius 1 is 1.25 bits per heavy atom. The van der Waals surface area contributed by atoms with Crippen molar-refractivity contribution in [3.63, 3.8) is 0 Å². The Kier molecular flexibility index (Phi) is 4.69. The van der Waals surface area contributed by atoms with Gasteiger partial charge in [-0.25, -0.2) is 9.97 Å². The lowest BCUT2D eigenvalue weighted by Crippen LogP contribution is -2.60. The summed E-state index contributed by atoms with van der Waals surface area (Å²) < 4.78 is 0. The molecule has 1 saturated heterocycles. The summed E-state index contributed by atoms with van der Waals surface area (Å²) >= 11 is 1.70. The largest absolute Gasteiger partial charge is 0.339 e. The topological polar surface area (TPSA) is 86.6 Å². The number of carbonyl (C=O) groups excluding carboxylic acids is 1. The van der Waals surface area contributed by atoms with Crippen LogP contribution in [0.4, 0.5) is 11.5 Å². The zero-order chi connectivity index (χ0) is 21.8. The summed E-state index contributed by atoms with van der Waals surface area (Å²) in [5.41, 5.74) is 4.25. The number of likely N-dealkylation sites (N-methyl/N-ethyl adjacent to an activating group) is 1. The molecule has 8 nitrogen and oxygen atoms in total. The number of nitrogens with one attached hydrogen (secondary N) is 1. The zero-order valence-electron chi connectivity index (χ0n) is 18.2. The highest BCUT2D eigenvalue weighted by atomic mass is 32.1. The summed E-state index contributed by atoms with van der Waals surface area (Å²) in [5.74, 6) is 1.19. The quantitative estimate of drug-likeness (QED) is 0.662. The van der Waals surface area contributed by atoms with E-state index in [1.807, 2.05) is 17.3 Å². The van der Waals surface area contributed by atoms with Gasteiger partial charge in [0.25, 0.3) is 0 Å². The fraction of sp³-hybridized carbons (Fsp3) is 0.435. The number of fused-ring (bicyclic) bond motifs is 4. The Morgan fingerprint density at radius 3 is 2.97 bits per heavy atom. The maximum Gasteiger partial charge on any atom is 0.226 e. The predicted octanol–water partition coefficient (Wildman–Crippen LogP) is 2.64.